The summed E-state index contributed by atoms with van der Waals surface area (Å²) in [6, 6.07) is 27.3. The number of hydrogen-bond donors (Lipinski definition) is 1. The van der Waals surface area contributed by atoms with E-state index in [2.05, 4.69) is 53.1 Å². The van der Waals surface area contributed by atoms with Crippen LogP contribution < -0.4 is 15.1 Å². The van der Waals surface area contributed by atoms with Gasteiger partial charge in [-0.2, -0.15) is 0 Å². The number of methoxy groups -OCH3 is 1. The highest BCUT2D eigenvalue weighted by molar-refractivity contribution is 6.47. The summed E-state index contributed by atoms with van der Waals surface area (Å²) >= 11 is 0. The Morgan fingerprint density at radius 2 is 1.70 bits per heavy atom. The van der Waals surface area contributed by atoms with Crippen LogP contribution in [0.25, 0.3) is 16.6 Å². The number of carbonyl (C=O) groups excluding carboxylic acids is 2. The number of aryl methyl sites for hydroxylation is 2. The number of ether oxygens (including phenoxy) is 1. The lowest BCUT2D eigenvalue weighted by Crippen LogP contribution is -2.33. The maximum atomic E-state index is 13.7. The second kappa shape index (κ2) is 13.6. The van der Waals surface area contributed by atoms with Gasteiger partial charge in [0.15, 0.2) is 0 Å². The van der Waals surface area contributed by atoms with Crippen LogP contribution in [0.5, 0.6) is 0 Å². The molecule has 1 amide bonds. The van der Waals surface area contributed by atoms with E-state index in [1.807, 2.05) is 79.7 Å². The number of fused-ring (bicyclic) bond motifs is 1. The third-order valence-electron chi connectivity index (χ3n) is 7.75. The summed E-state index contributed by atoms with van der Waals surface area (Å²) < 4.78 is 7.26. The van der Waals surface area contributed by atoms with E-state index in [9.17, 15) is 9.59 Å². The fraction of sp³-hybridized carbons (Fsp3) is 0.250. The number of ketones is 1. The van der Waals surface area contributed by atoms with Crippen molar-refractivity contribution in [3.8, 4) is 11.1 Å². The van der Waals surface area contributed by atoms with Crippen molar-refractivity contribution in [2.75, 3.05) is 48.9 Å². The summed E-state index contributed by atoms with van der Waals surface area (Å²) in [7, 11) is 3.67. The van der Waals surface area contributed by atoms with Gasteiger partial charge in [-0.15, -0.1) is 0 Å². The van der Waals surface area contributed by atoms with Crippen molar-refractivity contribution >= 4 is 34.4 Å². The molecular weight excluding hydrogens is 550 g/mol. The number of benzene rings is 2. The molecule has 226 valence electrons. The Morgan fingerprint density at radius 1 is 0.932 bits per heavy atom. The van der Waals surface area contributed by atoms with E-state index in [1.54, 1.807) is 17.7 Å². The van der Waals surface area contributed by atoms with Crippen molar-refractivity contribution < 1.29 is 14.3 Å². The fourth-order valence-electron chi connectivity index (χ4n) is 5.52. The van der Waals surface area contributed by atoms with Crippen LogP contribution in [0.1, 0.15) is 34.2 Å². The number of aromatic nitrogens is 2. The number of likely N-dealkylation sites (N-methyl/N-ethyl adjacent to an activating group) is 2. The molecule has 0 fully saturated rings. The summed E-state index contributed by atoms with van der Waals surface area (Å²) in [6.45, 7) is 8.85. The maximum absolute atomic E-state index is 13.7. The zero-order valence-electron chi connectivity index (χ0n) is 26.0. The molecule has 1 N–H and O–H groups in total. The Balaban J connectivity index is 1.36. The molecule has 0 aliphatic carbocycles. The summed E-state index contributed by atoms with van der Waals surface area (Å²) in [5.41, 5.74) is 7.28. The Bertz CT molecular complexity index is 1760. The molecule has 2 aromatic carbocycles. The minimum atomic E-state index is -0.703. The van der Waals surface area contributed by atoms with Crippen molar-refractivity contribution in [1.29, 1.82) is 0 Å². The predicted octanol–water partition coefficient (Wildman–Crippen LogP) is 6.55. The lowest BCUT2D eigenvalue weighted by molar-refractivity contribution is -0.112. The van der Waals surface area contributed by atoms with Gasteiger partial charge in [0.25, 0.3) is 11.7 Å². The molecule has 0 bridgehead atoms. The predicted molar refractivity (Wildman–Crippen MR) is 178 cm³/mol. The van der Waals surface area contributed by atoms with Crippen molar-refractivity contribution in [2.45, 2.75) is 27.4 Å². The molecule has 3 heterocycles. The quantitative estimate of drug-likeness (QED) is 0.131. The molecule has 0 aliphatic heterocycles. The molecule has 0 radical (unpaired) electrons. The molecule has 8 nitrogen and oxygen atoms in total. The molecule has 44 heavy (non-hydrogen) atoms. The average molecular weight is 590 g/mol. The second-order valence-corrected chi connectivity index (χ2v) is 11.0. The molecule has 8 heteroatoms. The molecule has 0 spiro atoms. The smallest absolute Gasteiger partial charge is 0.298 e. The molecule has 0 atom stereocenters. The van der Waals surface area contributed by atoms with E-state index in [0.717, 1.165) is 53.5 Å². The topological polar surface area (TPSA) is 79.2 Å². The highest BCUT2D eigenvalue weighted by atomic mass is 16.5. The highest BCUT2D eigenvalue weighted by Crippen LogP contribution is 2.29. The lowest BCUT2D eigenvalue weighted by atomic mass is 10.0. The Hall–Kier alpha value is -4.95. The van der Waals surface area contributed by atoms with Crippen LogP contribution in [0, 0.1) is 13.8 Å². The van der Waals surface area contributed by atoms with E-state index >= 15 is 0 Å². The SMILES string of the molecule is CCN(CCN(C)c1cc(C)cc(C)n1)c1ccc(NC(=O)C(=O)c2c(-c3ccccc3)cc3ccccn23)c(COC)c1. The van der Waals surface area contributed by atoms with Crippen LogP contribution in [-0.2, 0) is 16.1 Å². The highest BCUT2D eigenvalue weighted by Gasteiger charge is 2.25. The van der Waals surface area contributed by atoms with Gasteiger partial charge in [-0.3, -0.25) is 9.59 Å². The summed E-state index contributed by atoms with van der Waals surface area (Å²) in [5, 5.41) is 2.88. The molecule has 5 rings (SSSR count). The maximum Gasteiger partial charge on any atom is 0.298 e. The Kier molecular flexibility index (Phi) is 9.41. The molecule has 5 aromatic rings. The van der Waals surface area contributed by atoms with E-state index in [0.29, 0.717) is 16.9 Å². The number of hydrogen-bond acceptors (Lipinski definition) is 6. The third kappa shape index (κ3) is 6.66. The van der Waals surface area contributed by atoms with Gasteiger partial charge in [-0.1, -0.05) is 36.4 Å². The largest absolute Gasteiger partial charge is 0.380 e. The van der Waals surface area contributed by atoms with Gasteiger partial charge in [-0.05, 0) is 80.4 Å². The van der Waals surface area contributed by atoms with E-state index < -0.39 is 11.7 Å². The Morgan fingerprint density at radius 3 is 2.43 bits per heavy atom. The van der Waals surface area contributed by atoms with E-state index in [1.165, 1.54) is 5.56 Å². The van der Waals surface area contributed by atoms with Gasteiger partial charge in [0.05, 0.1) is 6.61 Å². The zero-order valence-corrected chi connectivity index (χ0v) is 26.0. The monoisotopic (exact) mass is 589 g/mol. The van der Waals surface area contributed by atoms with Gasteiger partial charge < -0.3 is 24.3 Å². The molecule has 0 saturated heterocycles. The fourth-order valence-corrected chi connectivity index (χ4v) is 5.52. The average Bonchev–Trinajstić information content (AvgIpc) is 3.41. The van der Waals surface area contributed by atoms with Gasteiger partial charge >= 0.3 is 0 Å². The number of nitrogens with one attached hydrogen (secondary N) is 1. The van der Waals surface area contributed by atoms with Gasteiger partial charge in [0, 0.05) is 73.7 Å². The summed E-state index contributed by atoms with van der Waals surface area (Å²) in [6.07, 6.45) is 1.81. The van der Waals surface area contributed by atoms with Crippen LogP contribution >= 0.6 is 0 Å². The van der Waals surface area contributed by atoms with Crippen LogP contribution in [0.15, 0.2) is 91.1 Å². The minimum absolute atomic E-state index is 0.283. The van der Waals surface area contributed by atoms with Crippen LogP contribution in [0.4, 0.5) is 17.2 Å². The van der Waals surface area contributed by atoms with Gasteiger partial charge in [0.2, 0.25) is 0 Å². The van der Waals surface area contributed by atoms with Crippen molar-refractivity contribution in [1.82, 2.24) is 9.38 Å². The van der Waals surface area contributed by atoms with Crippen molar-refractivity contribution in [2.24, 2.45) is 0 Å². The lowest BCUT2D eigenvalue weighted by Gasteiger charge is -2.28. The first-order chi connectivity index (χ1) is 21.3. The van der Waals surface area contributed by atoms with Crippen LogP contribution in [0.3, 0.4) is 0 Å². The molecule has 0 aliphatic rings. The van der Waals surface area contributed by atoms with Crippen LogP contribution in [0.2, 0.25) is 0 Å². The number of nitrogens with zero attached hydrogens (tertiary/aromatic N) is 4. The molecule has 0 unspecified atom stereocenters. The number of carbonyl (C=O) groups is 2. The summed E-state index contributed by atoms with van der Waals surface area (Å²) in [4.78, 5) is 36.3. The standard InChI is InChI=1S/C36H39N5O3/c1-6-40(19-18-39(4)33-21-25(2)20-26(3)37-33)29-15-16-32(28(22-29)24-44-5)38-36(43)35(42)34-31(27-12-8-7-9-13-27)23-30-14-10-11-17-41(30)34/h7-17,20-23H,6,18-19,24H2,1-5H3,(H,38,43). The van der Waals surface area contributed by atoms with Crippen molar-refractivity contribution in [3.05, 3.63) is 114 Å². The first-order valence-corrected chi connectivity index (χ1v) is 14.8. The van der Waals surface area contributed by atoms with Gasteiger partial charge in [0.1, 0.15) is 11.5 Å². The number of rotatable bonds is 12. The van der Waals surface area contributed by atoms with Crippen LogP contribution in [-0.4, -0.2) is 54.9 Å². The number of pyridine rings is 2. The first-order valence-electron chi connectivity index (χ1n) is 14.8. The number of Topliss-reactive ketones (excluding diaryl/α,β-unsaturated/α-hetero) is 1. The normalized spacial score (nSPS) is 11.0. The zero-order chi connectivity index (χ0) is 31.2. The molecule has 3 aromatic heterocycles. The minimum Gasteiger partial charge on any atom is -0.380 e. The van der Waals surface area contributed by atoms with Gasteiger partial charge in [-0.25, -0.2) is 4.98 Å². The first kappa shape index (κ1) is 30.5. The van der Waals surface area contributed by atoms with Crippen molar-refractivity contribution in [3.63, 3.8) is 0 Å². The van der Waals surface area contributed by atoms with E-state index in [-0.39, 0.29) is 6.61 Å². The Labute approximate surface area is 258 Å². The third-order valence-corrected chi connectivity index (χ3v) is 7.75. The number of anilines is 3. The second-order valence-electron chi connectivity index (χ2n) is 11.0. The summed E-state index contributed by atoms with van der Waals surface area (Å²) in [5.74, 6) is -0.362. The molecular formula is C36H39N5O3. The van der Waals surface area contributed by atoms with E-state index in [4.69, 9.17) is 4.74 Å². The number of amides is 1. The molecule has 0 saturated carbocycles.